The summed E-state index contributed by atoms with van der Waals surface area (Å²) in [5, 5.41) is 0. The van der Waals surface area contributed by atoms with Gasteiger partial charge >= 0.3 is 0 Å². The molecule has 256 valence electrons. The number of hydrogen-bond donors (Lipinski definition) is 0. The molecule has 0 fully saturated rings. The maximum atomic E-state index is 2.42. The van der Waals surface area contributed by atoms with E-state index in [-0.39, 0.29) is 0 Å². The van der Waals surface area contributed by atoms with Gasteiger partial charge in [-0.1, -0.05) is 170 Å². The number of nitrogens with zero attached hydrogens (tertiary/aromatic N) is 1. The van der Waals surface area contributed by atoms with Crippen LogP contribution in [0.5, 0.6) is 0 Å². The van der Waals surface area contributed by atoms with Crippen molar-refractivity contribution < 1.29 is 0 Å². The number of anilines is 3. The van der Waals surface area contributed by atoms with E-state index in [1.165, 1.54) is 69.5 Å². The van der Waals surface area contributed by atoms with Gasteiger partial charge in [-0.15, -0.1) is 0 Å². The minimum atomic E-state index is 1.13. The molecule has 8 rings (SSSR count). The zero-order chi connectivity index (χ0) is 35.7. The van der Waals surface area contributed by atoms with Gasteiger partial charge in [-0.2, -0.15) is 0 Å². The number of aryl methyl sites for hydroxylation is 2. The highest BCUT2D eigenvalue weighted by Crippen LogP contribution is 2.38. The Balaban J connectivity index is 1.15. The standard InChI is InChI=1S/C52H43N/c1-5-20-43(21-6-1)51(44-22-7-2-8-23-44)30-16-17-40-31-34-48(35-32-40)53(50-36-33-42-19-13-14-28-47(42)39-50)49-29-15-18-41(37-49)38-52(45-24-9-3-10-25-45)46-26-11-4-12-27-46/h1-12,15-18,20-27,29-39H,13-14,19,28H2. The zero-order valence-electron chi connectivity index (χ0n) is 30.0. The Bertz CT molecular complexity index is 2270. The molecular weight excluding hydrogens is 639 g/mol. The Kier molecular flexibility index (Phi) is 10.3. The molecule has 0 N–H and O–H groups in total. The number of allylic oxidation sites excluding steroid dienone is 2. The Morgan fingerprint density at radius 2 is 0.906 bits per heavy atom. The highest BCUT2D eigenvalue weighted by Gasteiger charge is 2.17. The highest BCUT2D eigenvalue weighted by molar-refractivity contribution is 5.92. The number of hydrogen-bond acceptors (Lipinski definition) is 1. The van der Waals surface area contributed by atoms with Crippen LogP contribution in [0.15, 0.2) is 200 Å². The van der Waals surface area contributed by atoms with E-state index in [0.717, 1.165) is 28.9 Å². The van der Waals surface area contributed by atoms with Crippen molar-refractivity contribution >= 4 is 40.4 Å². The molecule has 1 aliphatic carbocycles. The molecule has 7 aromatic rings. The highest BCUT2D eigenvalue weighted by atomic mass is 15.1. The van der Waals surface area contributed by atoms with Gasteiger partial charge in [0.2, 0.25) is 0 Å². The van der Waals surface area contributed by atoms with E-state index in [0.29, 0.717) is 0 Å². The third-order valence-electron chi connectivity index (χ3n) is 10.1. The van der Waals surface area contributed by atoms with Crippen LogP contribution < -0.4 is 4.90 Å². The summed E-state index contributed by atoms with van der Waals surface area (Å²) in [6, 6.07) is 67.5. The summed E-state index contributed by atoms with van der Waals surface area (Å²) in [6.45, 7) is 0. The molecule has 0 unspecified atom stereocenters. The molecule has 0 aliphatic heterocycles. The van der Waals surface area contributed by atoms with E-state index in [1.54, 1.807) is 0 Å². The van der Waals surface area contributed by atoms with Gasteiger partial charge in [-0.25, -0.2) is 0 Å². The van der Waals surface area contributed by atoms with Gasteiger partial charge in [0.1, 0.15) is 0 Å². The molecule has 0 spiro atoms. The first-order valence-corrected chi connectivity index (χ1v) is 18.7. The van der Waals surface area contributed by atoms with Gasteiger partial charge in [-0.3, -0.25) is 0 Å². The van der Waals surface area contributed by atoms with E-state index in [2.05, 4.69) is 217 Å². The molecule has 0 saturated carbocycles. The Morgan fingerprint density at radius 1 is 0.396 bits per heavy atom. The Morgan fingerprint density at radius 3 is 1.49 bits per heavy atom. The van der Waals surface area contributed by atoms with Gasteiger partial charge in [-0.05, 0) is 124 Å². The fourth-order valence-electron chi connectivity index (χ4n) is 7.38. The SMILES string of the molecule is C(=Cc1ccc(N(c2cccc(C=C(c3ccccc3)c3ccccc3)c2)c2ccc3c(c2)CCCC3)cc1)C=C(c1ccccc1)c1ccccc1. The molecule has 7 aromatic carbocycles. The van der Waals surface area contributed by atoms with Gasteiger partial charge in [0.05, 0.1) is 0 Å². The predicted octanol–water partition coefficient (Wildman–Crippen LogP) is 13.8. The smallest absolute Gasteiger partial charge is 0.0467 e. The first kappa shape index (κ1) is 33.7. The van der Waals surface area contributed by atoms with E-state index in [1.807, 2.05) is 0 Å². The number of rotatable bonds is 10. The van der Waals surface area contributed by atoms with Gasteiger partial charge in [0.25, 0.3) is 0 Å². The largest absolute Gasteiger partial charge is 0.310 e. The van der Waals surface area contributed by atoms with Crippen molar-refractivity contribution in [3.05, 3.63) is 245 Å². The lowest BCUT2D eigenvalue weighted by Crippen LogP contribution is -2.12. The van der Waals surface area contributed by atoms with Crippen molar-refractivity contribution in [3.8, 4) is 0 Å². The summed E-state index contributed by atoms with van der Waals surface area (Å²) < 4.78 is 0. The van der Waals surface area contributed by atoms with Crippen LogP contribution >= 0.6 is 0 Å². The second-order valence-electron chi connectivity index (χ2n) is 13.6. The molecule has 1 nitrogen and oxygen atoms in total. The first-order chi connectivity index (χ1) is 26.3. The minimum absolute atomic E-state index is 1.13. The topological polar surface area (TPSA) is 3.24 Å². The van der Waals surface area contributed by atoms with Crippen molar-refractivity contribution in [2.24, 2.45) is 0 Å². The molecule has 0 amide bonds. The van der Waals surface area contributed by atoms with Crippen LogP contribution in [0.3, 0.4) is 0 Å². The van der Waals surface area contributed by atoms with Crippen LogP contribution in [-0.4, -0.2) is 0 Å². The van der Waals surface area contributed by atoms with Crippen molar-refractivity contribution in [1.82, 2.24) is 0 Å². The predicted molar refractivity (Wildman–Crippen MR) is 227 cm³/mol. The summed E-state index contributed by atoms with van der Waals surface area (Å²) in [4.78, 5) is 2.41. The molecule has 0 heterocycles. The molecule has 0 saturated heterocycles. The molecule has 1 aliphatic rings. The lowest BCUT2D eigenvalue weighted by molar-refractivity contribution is 0.685. The van der Waals surface area contributed by atoms with Crippen LogP contribution in [0.2, 0.25) is 0 Å². The molecule has 0 atom stereocenters. The number of fused-ring (bicyclic) bond motifs is 1. The third kappa shape index (κ3) is 8.06. The summed E-state index contributed by atoms with van der Waals surface area (Å²) >= 11 is 0. The van der Waals surface area contributed by atoms with E-state index in [9.17, 15) is 0 Å². The Labute approximate surface area is 314 Å². The fourth-order valence-corrected chi connectivity index (χ4v) is 7.38. The van der Waals surface area contributed by atoms with Crippen LogP contribution in [0, 0.1) is 0 Å². The molecule has 53 heavy (non-hydrogen) atoms. The quantitative estimate of drug-likeness (QED) is 0.103. The van der Waals surface area contributed by atoms with E-state index >= 15 is 0 Å². The summed E-state index contributed by atoms with van der Waals surface area (Å²) in [7, 11) is 0. The lowest BCUT2D eigenvalue weighted by Gasteiger charge is -2.28. The number of benzene rings is 7. The van der Waals surface area contributed by atoms with Gasteiger partial charge in [0, 0.05) is 17.1 Å². The second kappa shape index (κ2) is 16.3. The molecule has 0 bridgehead atoms. The van der Waals surface area contributed by atoms with Gasteiger partial charge in [0.15, 0.2) is 0 Å². The van der Waals surface area contributed by atoms with Crippen LogP contribution in [0.25, 0.3) is 23.3 Å². The normalized spacial score (nSPS) is 12.2. The lowest BCUT2D eigenvalue weighted by atomic mass is 9.91. The molecular formula is C52H43N. The van der Waals surface area contributed by atoms with Crippen molar-refractivity contribution in [1.29, 1.82) is 0 Å². The maximum Gasteiger partial charge on any atom is 0.0467 e. The van der Waals surface area contributed by atoms with Crippen LogP contribution in [0.1, 0.15) is 57.3 Å². The monoisotopic (exact) mass is 681 g/mol. The van der Waals surface area contributed by atoms with E-state index < -0.39 is 0 Å². The summed E-state index contributed by atoms with van der Waals surface area (Å²) in [6.07, 6.45) is 13.7. The van der Waals surface area contributed by atoms with Crippen molar-refractivity contribution in [3.63, 3.8) is 0 Å². The fraction of sp³-hybridized carbons (Fsp3) is 0.0769. The molecule has 0 aromatic heterocycles. The molecule has 0 radical (unpaired) electrons. The first-order valence-electron chi connectivity index (χ1n) is 18.7. The third-order valence-corrected chi connectivity index (χ3v) is 10.1. The minimum Gasteiger partial charge on any atom is -0.310 e. The zero-order valence-corrected chi connectivity index (χ0v) is 30.0. The molecule has 1 heteroatoms. The maximum absolute atomic E-state index is 2.42. The van der Waals surface area contributed by atoms with Crippen molar-refractivity contribution in [2.75, 3.05) is 4.90 Å². The summed E-state index contributed by atoms with van der Waals surface area (Å²) in [5.74, 6) is 0. The second-order valence-corrected chi connectivity index (χ2v) is 13.6. The van der Waals surface area contributed by atoms with E-state index in [4.69, 9.17) is 0 Å². The van der Waals surface area contributed by atoms with Gasteiger partial charge < -0.3 is 4.90 Å². The average Bonchev–Trinajstić information content (AvgIpc) is 3.23. The van der Waals surface area contributed by atoms with Crippen LogP contribution in [0.4, 0.5) is 17.1 Å². The van der Waals surface area contributed by atoms with Crippen LogP contribution in [-0.2, 0) is 12.8 Å². The Hall–Kier alpha value is -6.44. The average molecular weight is 682 g/mol. The van der Waals surface area contributed by atoms with Crippen molar-refractivity contribution in [2.45, 2.75) is 25.7 Å². The summed E-state index contributed by atoms with van der Waals surface area (Å²) in [5.41, 5.74) is 16.0.